The maximum absolute atomic E-state index is 5.65. The molecular formula is C7H7BrClN. The van der Waals surface area contributed by atoms with E-state index in [2.05, 4.69) is 20.9 Å². The van der Waals surface area contributed by atoms with E-state index >= 15 is 0 Å². The molecule has 0 saturated heterocycles. The Bertz CT molecular complexity index is 237. The van der Waals surface area contributed by atoms with Gasteiger partial charge in [-0.3, -0.25) is 4.98 Å². The van der Waals surface area contributed by atoms with Crippen molar-refractivity contribution in [3.05, 3.63) is 28.0 Å². The second kappa shape index (κ2) is 3.35. The van der Waals surface area contributed by atoms with Gasteiger partial charge in [-0.25, -0.2) is 0 Å². The first kappa shape index (κ1) is 8.02. The van der Waals surface area contributed by atoms with E-state index in [-0.39, 0.29) is 0 Å². The van der Waals surface area contributed by atoms with Gasteiger partial charge in [-0.15, -0.1) is 11.6 Å². The predicted molar refractivity (Wildman–Crippen MR) is 46.2 cm³/mol. The molecule has 0 spiro atoms. The zero-order chi connectivity index (χ0) is 7.56. The van der Waals surface area contributed by atoms with E-state index in [1.165, 1.54) is 0 Å². The Hall–Kier alpha value is -0.0800. The van der Waals surface area contributed by atoms with Crippen LogP contribution in [0.4, 0.5) is 0 Å². The van der Waals surface area contributed by atoms with E-state index in [1.807, 2.05) is 13.0 Å². The van der Waals surface area contributed by atoms with Gasteiger partial charge in [0.2, 0.25) is 0 Å². The summed E-state index contributed by atoms with van der Waals surface area (Å²) in [6.45, 7) is 1.95. The number of hydrogen-bond acceptors (Lipinski definition) is 1. The average molecular weight is 220 g/mol. The van der Waals surface area contributed by atoms with Gasteiger partial charge in [0.15, 0.2) is 0 Å². The lowest BCUT2D eigenvalue weighted by Crippen LogP contribution is -1.85. The summed E-state index contributed by atoms with van der Waals surface area (Å²) in [5.41, 5.74) is 2.09. The van der Waals surface area contributed by atoms with E-state index in [1.54, 1.807) is 6.20 Å². The van der Waals surface area contributed by atoms with Crippen molar-refractivity contribution in [2.45, 2.75) is 12.8 Å². The summed E-state index contributed by atoms with van der Waals surface area (Å²) < 4.78 is 0.980. The first-order valence-electron chi connectivity index (χ1n) is 2.91. The third-order valence-corrected chi connectivity index (χ3v) is 2.22. The molecule has 0 unspecified atom stereocenters. The molecule has 0 aliphatic rings. The minimum atomic E-state index is 0.532. The highest BCUT2D eigenvalue weighted by atomic mass is 79.9. The number of halogens is 2. The van der Waals surface area contributed by atoms with E-state index in [9.17, 15) is 0 Å². The highest BCUT2D eigenvalue weighted by molar-refractivity contribution is 9.10. The molecule has 1 aromatic rings. The van der Waals surface area contributed by atoms with Crippen molar-refractivity contribution in [3.63, 3.8) is 0 Å². The maximum Gasteiger partial charge on any atom is 0.0486 e. The standard InChI is InChI=1S/C7H7BrClN/c1-5-2-6(3-9)7(8)4-10-5/h2,4H,3H2,1H3. The maximum atomic E-state index is 5.65. The van der Waals surface area contributed by atoms with Crippen molar-refractivity contribution in [3.8, 4) is 0 Å². The Labute approximate surface area is 73.6 Å². The lowest BCUT2D eigenvalue weighted by atomic mass is 10.2. The zero-order valence-corrected chi connectivity index (χ0v) is 7.91. The van der Waals surface area contributed by atoms with E-state index in [4.69, 9.17) is 11.6 Å². The van der Waals surface area contributed by atoms with Crippen LogP contribution in [0.25, 0.3) is 0 Å². The smallest absolute Gasteiger partial charge is 0.0486 e. The number of hydrogen-bond donors (Lipinski definition) is 0. The first-order chi connectivity index (χ1) is 4.74. The molecule has 1 rings (SSSR count). The molecule has 0 aromatic carbocycles. The number of nitrogens with zero attached hydrogens (tertiary/aromatic N) is 1. The summed E-state index contributed by atoms with van der Waals surface area (Å²) in [6, 6.07) is 1.97. The Morgan fingerprint density at radius 2 is 2.40 bits per heavy atom. The van der Waals surface area contributed by atoms with Crippen LogP contribution >= 0.6 is 27.5 Å². The van der Waals surface area contributed by atoms with Crippen LogP contribution < -0.4 is 0 Å². The molecule has 0 amide bonds. The van der Waals surface area contributed by atoms with E-state index < -0.39 is 0 Å². The second-order valence-electron chi connectivity index (χ2n) is 2.05. The quantitative estimate of drug-likeness (QED) is 0.663. The third-order valence-electron chi connectivity index (χ3n) is 1.22. The first-order valence-corrected chi connectivity index (χ1v) is 4.24. The van der Waals surface area contributed by atoms with Crippen molar-refractivity contribution in [2.75, 3.05) is 0 Å². The molecule has 0 radical (unpaired) electrons. The van der Waals surface area contributed by atoms with Crippen molar-refractivity contribution < 1.29 is 0 Å². The van der Waals surface area contributed by atoms with Crippen LogP contribution in [-0.2, 0) is 5.88 Å². The minimum Gasteiger partial charge on any atom is -0.260 e. The van der Waals surface area contributed by atoms with Gasteiger partial charge in [0.25, 0.3) is 0 Å². The molecule has 0 aliphatic heterocycles. The van der Waals surface area contributed by atoms with Gasteiger partial charge >= 0.3 is 0 Å². The average Bonchev–Trinajstić information content (AvgIpc) is 1.94. The van der Waals surface area contributed by atoms with Gasteiger partial charge in [0.05, 0.1) is 0 Å². The van der Waals surface area contributed by atoms with Gasteiger partial charge in [-0.2, -0.15) is 0 Å². The SMILES string of the molecule is Cc1cc(CCl)c(Br)cn1. The van der Waals surface area contributed by atoms with Gasteiger partial charge < -0.3 is 0 Å². The number of alkyl halides is 1. The summed E-state index contributed by atoms with van der Waals surface area (Å²) in [5.74, 6) is 0.532. The highest BCUT2D eigenvalue weighted by Gasteiger charge is 1.97. The Kier molecular flexibility index (Phi) is 2.69. The number of aryl methyl sites for hydroxylation is 1. The molecule has 1 aromatic heterocycles. The summed E-state index contributed by atoms with van der Waals surface area (Å²) in [4.78, 5) is 4.08. The topological polar surface area (TPSA) is 12.9 Å². The van der Waals surface area contributed by atoms with Crippen molar-refractivity contribution in [1.82, 2.24) is 4.98 Å². The van der Waals surface area contributed by atoms with Gasteiger partial charge in [0.1, 0.15) is 0 Å². The molecular weight excluding hydrogens is 213 g/mol. The van der Waals surface area contributed by atoms with Crippen LogP contribution in [0.15, 0.2) is 16.7 Å². The molecule has 54 valence electrons. The summed E-state index contributed by atoms with van der Waals surface area (Å²) >= 11 is 8.99. The molecule has 0 bridgehead atoms. The molecule has 1 heterocycles. The highest BCUT2D eigenvalue weighted by Crippen LogP contribution is 2.17. The molecule has 0 saturated carbocycles. The third kappa shape index (κ3) is 1.70. The zero-order valence-electron chi connectivity index (χ0n) is 5.56. The van der Waals surface area contributed by atoms with Gasteiger partial charge in [0, 0.05) is 22.2 Å². The number of pyridine rings is 1. The molecule has 0 atom stereocenters. The monoisotopic (exact) mass is 219 g/mol. The number of rotatable bonds is 1. The summed E-state index contributed by atoms with van der Waals surface area (Å²) in [6.07, 6.45) is 1.77. The van der Waals surface area contributed by atoms with Crippen molar-refractivity contribution >= 4 is 27.5 Å². The predicted octanol–water partition coefficient (Wildman–Crippen LogP) is 2.89. The van der Waals surface area contributed by atoms with Crippen LogP contribution in [0.2, 0.25) is 0 Å². The largest absolute Gasteiger partial charge is 0.260 e. The molecule has 3 heteroatoms. The fraction of sp³-hybridized carbons (Fsp3) is 0.286. The molecule has 0 N–H and O–H groups in total. The van der Waals surface area contributed by atoms with Crippen LogP contribution in [-0.4, -0.2) is 4.98 Å². The van der Waals surface area contributed by atoms with E-state index in [0.717, 1.165) is 15.7 Å². The van der Waals surface area contributed by atoms with Crippen LogP contribution in [0, 0.1) is 6.92 Å². The fourth-order valence-electron chi connectivity index (χ4n) is 0.702. The summed E-state index contributed by atoms with van der Waals surface area (Å²) in [5, 5.41) is 0. The molecule has 0 aliphatic carbocycles. The molecule has 1 nitrogen and oxygen atoms in total. The van der Waals surface area contributed by atoms with Crippen LogP contribution in [0.3, 0.4) is 0 Å². The molecule has 10 heavy (non-hydrogen) atoms. The summed E-state index contributed by atoms with van der Waals surface area (Å²) in [7, 11) is 0. The lowest BCUT2D eigenvalue weighted by molar-refractivity contribution is 1.15. The van der Waals surface area contributed by atoms with Crippen molar-refractivity contribution in [1.29, 1.82) is 0 Å². The second-order valence-corrected chi connectivity index (χ2v) is 3.17. The van der Waals surface area contributed by atoms with Crippen molar-refractivity contribution in [2.24, 2.45) is 0 Å². The van der Waals surface area contributed by atoms with E-state index in [0.29, 0.717) is 5.88 Å². The molecule has 0 fully saturated rings. The Morgan fingerprint density at radius 1 is 1.70 bits per heavy atom. The fourth-order valence-corrected chi connectivity index (χ4v) is 1.44. The lowest BCUT2D eigenvalue weighted by Gasteiger charge is -1.98. The van der Waals surface area contributed by atoms with Gasteiger partial charge in [-0.05, 0) is 34.5 Å². The van der Waals surface area contributed by atoms with Crippen LogP contribution in [0.1, 0.15) is 11.3 Å². The van der Waals surface area contributed by atoms with Crippen LogP contribution in [0.5, 0.6) is 0 Å². The Balaban J connectivity index is 3.09. The number of aromatic nitrogens is 1. The minimum absolute atomic E-state index is 0.532. The van der Waals surface area contributed by atoms with Gasteiger partial charge in [-0.1, -0.05) is 0 Å². The Morgan fingerprint density at radius 3 is 2.90 bits per heavy atom. The normalized spacial score (nSPS) is 9.90.